The molecule has 0 aromatic rings. The summed E-state index contributed by atoms with van der Waals surface area (Å²) in [6.07, 6.45) is 1.85. The smallest absolute Gasteiger partial charge is 0.194 e. The molecular formula is C16H32IN3O2S. The number of aliphatic imine (C=N–C) groups is 1. The van der Waals surface area contributed by atoms with Crippen molar-refractivity contribution in [3.63, 3.8) is 0 Å². The first kappa shape index (κ1) is 21.3. The van der Waals surface area contributed by atoms with Gasteiger partial charge in [0.1, 0.15) is 0 Å². The highest BCUT2D eigenvalue weighted by atomic mass is 127. The van der Waals surface area contributed by atoms with Crippen molar-refractivity contribution < 1.29 is 9.47 Å². The quantitative estimate of drug-likeness (QED) is 0.400. The van der Waals surface area contributed by atoms with Gasteiger partial charge in [-0.3, -0.25) is 4.99 Å². The van der Waals surface area contributed by atoms with Crippen LogP contribution in [0.2, 0.25) is 0 Å². The van der Waals surface area contributed by atoms with Crippen LogP contribution >= 0.6 is 35.7 Å². The predicted molar refractivity (Wildman–Crippen MR) is 109 cm³/mol. The molecule has 2 saturated heterocycles. The minimum atomic E-state index is -0.154. The Morgan fingerprint density at radius 2 is 2.04 bits per heavy atom. The molecule has 0 aliphatic carbocycles. The summed E-state index contributed by atoms with van der Waals surface area (Å²) >= 11 is 2.04. The molecule has 2 rings (SSSR count). The van der Waals surface area contributed by atoms with Crippen LogP contribution in [0, 0.1) is 0 Å². The van der Waals surface area contributed by atoms with E-state index in [1.807, 2.05) is 11.8 Å². The minimum absolute atomic E-state index is 0. The van der Waals surface area contributed by atoms with Gasteiger partial charge in [-0.05, 0) is 20.8 Å². The molecule has 1 N–H and O–H groups in total. The van der Waals surface area contributed by atoms with Gasteiger partial charge in [0.2, 0.25) is 0 Å². The van der Waals surface area contributed by atoms with Crippen LogP contribution in [0.15, 0.2) is 4.99 Å². The second-order valence-corrected chi connectivity index (χ2v) is 8.50. The highest BCUT2D eigenvalue weighted by Gasteiger charge is 2.33. The van der Waals surface area contributed by atoms with Gasteiger partial charge in [0.05, 0.1) is 12.1 Å². The van der Waals surface area contributed by atoms with Crippen LogP contribution in [0.5, 0.6) is 0 Å². The highest BCUT2D eigenvalue weighted by Crippen LogP contribution is 2.30. The zero-order valence-corrected chi connectivity index (χ0v) is 18.0. The van der Waals surface area contributed by atoms with Crippen LogP contribution in [0.25, 0.3) is 0 Å². The van der Waals surface area contributed by atoms with Crippen LogP contribution in [0.4, 0.5) is 0 Å². The van der Waals surface area contributed by atoms with E-state index in [-0.39, 0.29) is 34.3 Å². The van der Waals surface area contributed by atoms with Crippen molar-refractivity contribution >= 4 is 41.7 Å². The van der Waals surface area contributed by atoms with Crippen LogP contribution in [0.3, 0.4) is 0 Å². The van der Waals surface area contributed by atoms with Gasteiger partial charge in [-0.1, -0.05) is 0 Å². The lowest BCUT2D eigenvalue weighted by Gasteiger charge is -2.40. The lowest BCUT2D eigenvalue weighted by molar-refractivity contribution is -0.0829. The highest BCUT2D eigenvalue weighted by molar-refractivity contribution is 14.0. The number of halogens is 1. The van der Waals surface area contributed by atoms with Crippen molar-refractivity contribution in [3.05, 3.63) is 0 Å². The molecule has 7 heteroatoms. The van der Waals surface area contributed by atoms with E-state index in [1.165, 1.54) is 0 Å². The number of methoxy groups -OCH3 is 1. The average molecular weight is 457 g/mol. The topological polar surface area (TPSA) is 46.1 Å². The first-order valence-corrected chi connectivity index (χ1v) is 9.29. The Balaban J connectivity index is 0.00000264. The normalized spacial score (nSPS) is 24.0. The van der Waals surface area contributed by atoms with Gasteiger partial charge < -0.3 is 19.7 Å². The summed E-state index contributed by atoms with van der Waals surface area (Å²) in [6.45, 7) is 12.0. The van der Waals surface area contributed by atoms with Gasteiger partial charge in [0.15, 0.2) is 5.96 Å². The Labute approximate surface area is 162 Å². The summed E-state index contributed by atoms with van der Waals surface area (Å²) < 4.78 is 11.5. The molecule has 23 heavy (non-hydrogen) atoms. The zero-order valence-electron chi connectivity index (χ0n) is 14.9. The molecule has 5 nitrogen and oxygen atoms in total. The van der Waals surface area contributed by atoms with Crippen molar-refractivity contribution in [2.45, 2.75) is 44.0 Å². The van der Waals surface area contributed by atoms with Crippen molar-refractivity contribution in [1.29, 1.82) is 0 Å². The number of hydrogen-bond donors (Lipinski definition) is 1. The second kappa shape index (κ2) is 9.68. The molecule has 0 bridgehead atoms. The molecule has 136 valence electrons. The van der Waals surface area contributed by atoms with Gasteiger partial charge in [-0.15, -0.1) is 24.0 Å². The van der Waals surface area contributed by atoms with Crippen LogP contribution in [-0.2, 0) is 9.47 Å². The van der Waals surface area contributed by atoms with E-state index in [9.17, 15) is 0 Å². The van der Waals surface area contributed by atoms with E-state index in [0.29, 0.717) is 6.54 Å². The molecule has 2 aliphatic heterocycles. The fourth-order valence-electron chi connectivity index (χ4n) is 3.01. The van der Waals surface area contributed by atoms with Crippen LogP contribution in [-0.4, -0.2) is 73.5 Å². The number of hydrogen-bond acceptors (Lipinski definition) is 4. The van der Waals surface area contributed by atoms with E-state index >= 15 is 0 Å². The molecule has 2 fully saturated rings. The Kier molecular flexibility index (Phi) is 8.97. The molecule has 0 spiro atoms. The molecule has 0 unspecified atom stereocenters. The van der Waals surface area contributed by atoms with Gasteiger partial charge in [0.25, 0.3) is 0 Å². The monoisotopic (exact) mass is 457 g/mol. The summed E-state index contributed by atoms with van der Waals surface area (Å²) in [5, 5.41) is 3.45. The number of nitrogens with one attached hydrogen (secondary N) is 1. The third kappa shape index (κ3) is 6.25. The van der Waals surface area contributed by atoms with Crippen molar-refractivity contribution in [2.75, 3.05) is 52.3 Å². The number of rotatable bonds is 4. The van der Waals surface area contributed by atoms with E-state index in [2.05, 4.69) is 31.0 Å². The average Bonchev–Trinajstić information content (AvgIpc) is 2.51. The first-order chi connectivity index (χ1) is 10.5. The molecule has 0 aromatic carbocycles. The molecule has 0 amide bonds. The summed E-state index contributed by atoms with van der Waals surface area (Å²) in [5.74, 6) is 2.18. The number of ether oxygens (including phenoxy) is 2. The molecule has 0 saturated carbocycles. The Hall–Kier alpha value is 0.270. The molecule has 2 heterocycles. The third-order valence-corrected chi connectivity index (χ3v) is 5.71. The molecule has 0 atom stereocenters. The van der Waals surface area contributed by atoms with E-state index in [0.717, 1.165) is 57.4 Å². The summed E-state index contributed by atoms with van der Waals surface area (Å²) in [4.78, 5) is 7.30. The maximum Gasteiger partial charge on any atom is 0.194 e. The van der Waals surface area contributed by atoms with Gasteiger partial charge >= 0.3 is 0 Å². The zero-order chi connectivity index (χ0) is 16.1. The fraction of sp³-hybridized carbons (Fsp3) is 0.938. The van der Waals surface area contributed by atoms with Crippen LogP contribution in [0.1, 0.15) is 33.6 Å². The van der Waals surface area contributed by atoms with Crippen molar-refractivity contribution in [2.24, 2.45) is 4.99 Å². The predicted octanol–water partition coefficient (Wildman–Crippen LogP) is 2.59. The van der Waals surface area contributed by atoms with Gasteiger partial charge in [-0.2, -0.15) is 11.8 Å². The lowest BCUT2D eigenvalue weighted by Crippen LogP contribution is -2.51. The molecule has 2 aliphatic rings. The first-order valence-electron chi connectivity index (χ1n) is 8.30. The summed E-state index contributed by atoms with van der Waals surface area (Å²) in [7, 11) is 1.80. The van der Waals surface area contributed by atoms with E-state index in [1.54, 1.807) is 7.11 Å². The molecular weight excluding hydrogens is 425 g/mol. The summed E-state index contributed by atoms with van der Waals surface area (Å²) in [6, 6.07) is 0. The van der Waals surface area contributed by atoms with E-state index in [4.69, 9.17) is 14.5 Å². The number of nitrogens with zero attached hydrogens (tertiary/aromatic N) is 2. The fourth-order valence-corrected chi connectivity index (χ4v) is 4.12. The van der Waals surface area contributed by atoms with Crippen molar-refractivity contribution in [1.82, 2.24) is 10.2 Å². The minimum Gasteiger partial charge on any atom is -0.381 e. The Bertz CT molecular complexity index is 388. The van der Waals surface area contributed by atoms with Gasteiger partial charge in [-0.25, -0.2) is 0 Å². The number of thioether (sulfide) groups is 1. The summed E-state index contributed by atoms with van der Waals surface area (Å²) in [5.41, 5.74) is -0.154. The standard InChI is InChI=1S/C16H31N3O2S.HI/c1-5-17-14(19-8-11-22-15(2,3)13-19)18-12-16(20-4)6-9-21-10-7-16;/h5-13H2,1-4H3,(H,17,18);1H. The maximum atomic E-state index is 5.80. The SMILES string of the molecule is CCNC(=NCC1(OC)CCOCC1)N1CCSC(C)(C)C1.I. The third-order valence-electron chi connectivity index (χ3n) is 4.41. The van der Waals surface area contributed by atoms with Crippen LogP contribution < -0.4 is 5.32 Å². The largest absolute Gasteiger partial charge is 0.381 e. The van der Waals surface area contributed by atoms with Crippen molar-refractivity contribution in [3.8, 4) is 0 Å². The number of guanidine groups is 1. The molecule has 0 radical (unpaired) electrons. The Morgan fingerprint density at radius 3 is 2.61 bits per heavy atom. The van der Waals surface area contributed by atoms with E-state index < -0.39 is 0 Å². The maximum absolute atomic E-state index is 5.80. The molecule has 0 aromatic heterocycles. The Morgan fingerprint density at radius 1 is 1.35 bits per heavy atom. The van der Waals surface area contributed by atoms with Gasteiger partial charge in [0, 0.05) is 63.3 Å². The second-order valence-electron chi connectivity index (χ2n) is 6.70. The lowest BCUT2D eigenvalue weighted by atomic mass is 9.94.